The van der Waals surface area contributed by atoms with Gasteiger partial charge in [-0.2, -0.15) is 0 Å². The van der Waals surface area contributed by atoms with E-state index in [2.05, 4.69) is 24.8 Å². The number of aliphatic hydroxyl groups excluding tert-OH is 2. The Bertz CT molecular complexity index is 668. The third-order valence-corrected chi connectivity index (χ3v) is 6.29. The van der Waals surface area contributed by atoms with Crippen molar-refractivity contribution in [3.05, 3.63) is 23.3 Å². The molecule has 0 radical (unpaired) electrons. The van der Waals surface area contributed by atoms with Crippen molar-refractivity contribution in [1.29, 1.82) is 0 Å². The average Bonchev–Trinajstić information content (AvgIpc) is 3.19. The zero-order valence-electron chi connectivity index (χ0n) is 17.9. The van der Waals surface area contributed by atoms with E-state index in [1.165, 1.54) is 5.57 Å². The standard InChI is InChI=1S/C24H36O5/c1-4-6-7-8-16(3)24(28)18(5-2)13-21-20-12-17(9-10-29-15-23(26)27)11-19(20)14-22(21)25/h9,13,16,19-22,24-25,28H,4-5,8,10-12,14-15H2,1-3H3,(H,26,27). The summed E-state index contributed by atoms with van der Waals surface area (Å²) in [6.07, 6.45) is 8.13. The van der Waals surface area contributed by atoms with Gasteiger partial charge in [0.05, 0.1) is 18.8 Å². The average molecular weight is 405 g/mol. The molecule has 0 spiro atoms. The summed E-state index contributed by atoms with van der Waals surface area (Å²) in [5.41, 5.74) is 2.29. The van der Waals surface area contributed by atoms with Crippen molar-refractivity contribution in [2.24, 2.45) is 23.7 Å². The number of hydrogen-bond donors (Lipinski definition) is 3. The van der Waals surface area contributed by atoms with E-state index in [0.29, 0.717) is 24.9 Å². The first-order chi connectivity index (χ1) is 13.9. The van der Waals surface area contributed by atoms with E-state index in [0.717, 1.165) is 37.7 Å². The van der Waals surface area contributed by atoms with Crippen LogP contribution in [-0.2, 0) is 9.53 Å². The van der Waals surface area contributed by atoms with Crippen LogP contribution in [0.5, 0.6) is 0 Å². The second-order valence-corrected chi connectivity index (χ2v) is 8.41. The molecule has 0 amide bonds. The normalized spacial score (nSPS) is 30.0. The number of ether oxygens (including phenoxy) is 1. The summed E-state index contributed by atoms with van der Waals surface area (Å²) in [5, 5.41) is 30.1. The third kappa shape index (κ3) is 6.70. The van der Waals surface area contributed by atoms with Crippen LogP contribution in [0.2, 0.25) is 0 Å². The molecule has 2 saturated carbocycles. The highest BCUT2D eigenvalue weighted by molar-refractivity contribution is 5.68. The van der Waals surface area contributed by atoms with Crippen LogP contribution in [0.15, 0.2) is 23.3 Å². The highest BCUT2D eigenvalue weighted by atomic mass is 16.5. The van der Waals surface area contributed by atoms with Crippen LogP contribution in [0.1, 0.15) is 59.3 Å². The SMILES string of the molecule is CCC#CCC(C)C(O)C(=CC1C(O)CC2CC(=CCOCC(=O)O)CC21)CC. The topological polar surface area (TPSA) is 87.0 Å². The molecular formula is C24H36O5. The smallest absolute Gasteiger partial charge is 0.329 e. The lowest BCUT2D eigenvalue weighted by atomic mass is 9.85. The van der Waals surface area contributed by atoms with Crippen molar-refractivity contribution in [3.63, 3.8) is 0 Å². The number of carboxylic acid groups (broad SMARTS) is 1. The summed E-state index contributed by atoms with van der Waals surface area (Å²) >= 11 is 0. The monoisotopic (exact) mass is 404 g/mol. The molecule has 5 nitrogen and oxygen atoms in total. The van der Waals surface area contributed by atoms with E-state index in [4.69, 9.17) is 9.84 Å². The molecule has 0 aromatic rings. The van der Waals surface area contributed by atoms with Crippen molar-refractivity contribution in [1.82, 2.24) is 0 Å². The Morgan fingerprint density at radius 1 is 1.31 bits per heavy atom. The first kappa shape index (κ1) is 23.7. The minimum Gasteiger partial charge on any atom is -0.480 e. The predicted octanol–water partition coefficient (Wildman–Crippen LogP) is 3.56. The Morgan fingerprint density at radius 3 is 2.72 bits per heavy atom. The fourth-order valence-corrected chi connectivity index (χ4v) is 4.73. The van der Waals surface area contributed by atoms with Crippen molar-refractivity contribution < 1.29 is 24.9 Å². The van der Waals surface area contributed by atoms with Crippen LogP contribution in [0.25, 0.3) is 0 Å². The molecule has 0 aromatic carbocycles. The number of carboxylic acids is 1. The summed E-state index contributed by atoms with van der Waals surface area (Å²) in [6, 6.07) is 0. The number of carbonyl (C=O) groups is 1. The third-order valence-electron chi connectivity index (χ3n) is 6.29. The maximum absolute atomic E-state index is 10.8. The van der Waals surface area contributed by atoms with Crippen molar-refractivity contribution >= 4 is 5.97 Å². The molecule has 6 atom stereocenters. The van der Waals surface area contributed by atoms with Crippen LogP contribution in [-0.4, -0.2) is 46.7 Å². The predicted molar refractivity (Wildman–Crippen MR) is 113 cm³/mol. The largest absolute Gasteiger partial charge is 0.480 e. The maximum Gasteiger partial charge on any atom is 0.329 e. The Kier molecular flexibility index (Phi) is 9.42. The molecule has 0 heterocycles. The van der Waals surface area contributed by atoms with Crippen LogP contribution in [0, 0.1) is 35.5 Å². The number of rotatable bonds is 9. The summed E-state index contributed by atoms with van der Waals surface area (Å²) in [6.45, 7) is 6.14. The Balaban J connectivity index is 2.02. The second kappa shape index (κ2) is 11.5. The zero-order chi connectivity index (χ0) is 21.4. The van der Waals surface area contributed by atoms with Crippen LogP contribution in [0.4, 0.5) is 0 Å². The summed E-state index contributed by atoms with van der Waals surface area (Å²) < 4.78 is 5.13. The second-order valence-electron chi connectivity index (χ2n) is 8.41. The van der Waals surface area contributed by atoms with Gasteiger partial charge in [-0.3, -0.25) is 0 Å². The Labute approximate surface area is 174 Å². The van der Waals surface area contributed by atoms with Gasteiger partial charge in [0, 0.05) is 18.8 Å². The van der Waals surface area contributed by atoms with Gasteiger partial charge in [0.1, 0.15) is 6.61 Å². The summed E-state index contributed by atoms with van der Waals surface area (Å²) in [4.78, 5) is 10.5. The number of fused-ring (bicyclic) bond motifs is 1. The molecule has 0 aromatic heterocycles. The van der Waals surface area contributed by atoms with Crippen molar-refractivity contribution in [3.8, 4) is 11.8 Å². The van der Waals surface area contributed by atoms with E-state index < -0.39 is 12.1 Å². The van der Waals surface area contributed by atoms with E-state index >= 15 is 0 Å². The minimum absolute atomic E-state index is 0.0596. The molecule has 3 N–H and O–H groups in total. The first-order valence-electron chi connectivity index (χ1n) is 10.9. The van der Waals surface area contributed by atoms with E-state index in [9.17, 15) is 15.0 Å². The molecular weight excluding hydrogens is 368 g/mol. The molecule has 162 valence electrons. The number of aliphatic hydroxyl groups is 2. The Morgan fingerprint density at radius 2 is 2.07 bits per heavy atom. The highest BCUT2D eigenvalue weighted by Crippen LogP contribution is 2.50. The van der Waals surface area contributed by atoms with Gasteiger partial charge in [-0.1, -0.05) is 38.5 Å². The quantitative estimate of drug-likeness (QED) is 0.311. The van der Waals surface area contributed by atoms with Gasteiger partial charge >= 0.3 is 5.97 Å². The van der Waals surface area contributed by atoms with Gasteiger partial charge in [0.15, 0.2) is 0 Å². The summed E-state index contributed by atoms with van der Waals surface area (Å²) in [5.74, 6) is 6.18. The highest BCUT2D eigenvalue weighted by Gasteiger charge is 2.45. The van der Waals surface area contributed by atoms with Crippen LogP contribution in [0.3, 0.4) is 0 Å². The lowest BCUT2D eigenvalue weighted by Gasteiger charge is -2.24. The van der Waals surface area contributed by atoms with E-state index in [1.807, 2.05) is 19.9 Å². The summed E-state index contributed by atoms with van der Waals surface area (Å²) in [7, 11) is 0. The fraction of sp³-hybridized carbons (Fsp3) is 0.708. The molecule has 2 aliphatic rings. The van der Waals surface area contributed by atoms with E-state index in [-0.39, 0.29) is 24.5 Å². The first-order valence-corrected chi connectivity index (χ1v) is 10.9. The van der Waals surface area contributed by atoms with Gasteiger partial charge in [0.2, 0.25) is 0 Å². The van der Waals surface area contributed by atoms with Gasteiger partial charge in [-0.15, -0.1) is 11.8 Å². The maximum atomic E-state index is 10.8. The van der Waals surface area contributed by atoms with Gasteiger partial charge in [-0.25, -0.2) is 4.79 Å². The molecule has 2 fully saturated rings. The van der Waals surface area contributed by atoms with Crippen molar-refractivity contribution in [2.75, 3.05) is 13.2 Å². The minimum atomic E-state index is -0.958. The van der Waals surface area contributed by atoms with E-state index in [1.54, 1.807) is 0 Å². The lowest BCUT2D eigenvalue weighted by Crippen LogP contribution is -2.23. The fourth-order valence-electron chi connectivity index (χ4n) is 4.73. The number of hydrogen-bond acceptors (Lipinski definition) is 4. The lowest BCUT2D eigenvalue weighted by molar-refractivity contribution is -0.141. The Hall–Kier alpha value is -1.61. The molecule has 6 unspecified atom stereocenters. The zero-order valence-corrected chi connectivity index (χ0v) is 17.9. The molecule has 29 heavy (non-hydrogen) atoms. The van der Waals surface area contributed by atoms with Crippen LogP contribution < -0.4 is 0 Å². The molecule has 0 saturated heterocycles. The number of allylic oxidation sites excluding steroid dienone is 1. The van der Waals surface area contributed by atoms with Crippen molar-refractivity contribution in [2.45, 2.75) is 71.5 Å². The molecule has 2 aliphatic carbocycles. The van der Waals surface area contributed by atoms with Gasteiger partial charge in [-0.05, 0) is 49.0 Å². The molecule has 2 rings (SSSR count). The number of aliphatic carboxylic acids is 1. The van der Waals surface area contributed by atoms with Gasteiger partial charge in [0.25, 0.3) is 0 Å². The molecule has 5 heteroatoms. The van der Waals surface area contributed by atoms with Crippen LogP contribution >= 0.6 is 0 Å². The molecule has 0 aliphatic heterocycles. The molecule has 0 bridgehead atoms. The van der Waals surface area contributed by atoms with Gasteiger partial charge < -0.3 is 20.1 Å².